The number of amides is 1. The van der Waals surface area contributed by atoms with Gasteiger partial charge in [0, 0.05) is 25.2 Å². The van der Waals surface area contributed by atoms with Gasteiger partial charge in [0.15, 0.2) is 0 Å². The van der Waals surface area contributed by atoms with Crippen LogP contribution in [0, 0.1) is 0 Å². The van der Waals surface area contributed by atoms with E-state index in [0.717, 1.165) is 5.56 Å². The van der Waals surface area contributed by atoms with Gasteiger partial charge in [0.25, 0.3) is 6.43 Å². The summed E-state index contributed by atoms with van der Waals surface area (Å²) >= 11 is 0. The second kappa shape index (κ2) is 6.62. The van der Waals surface area contributed by atoms with E-state index in [2.05, 4.69) is 5.32 Å². The van der Waals surface area contributed by atoms with Crippen LogP contribution in [-0.4, -0.2) is 41.0 Å². The Bertz CT molecular complexity index is 519. The zero-order valence-electron chi connectivity index (χ0n) is 11.3. The first-order chi connectivity index (χ1) is 9.97. The summed E-state index contributed by atoms with van der Waals surface area (Å²) in [6.07, 6.45) is -2.79. The first kappa shape index (κ1) is 15.4. The lowest BCUT2D eigenvalue weighted by Crippen LogP contribution is -2.55. The molecule has 0 radical (unpaired) electrons. The fraction of sp³-hybridized carbons (Fsp3) is 0.429. The van der Waals surface area contributed by atoms with Crippen LogP contribution in [0.25, 0.3) is 0 Å². The lowest BCUT2D eigenvalue weighted by Gasteiger charge is -2.34. The highest BCUT2D eigenvalue weighted by molar-refractivity contribution is 5.86. The minimum Gasteiger partial charge on any atom is -0.481 e. The molecule has 1 aliphatic heterocycles. The average Bonchev–Trinajstić information content (AvgIpc) is 2.43. The Morgan fingerprint density at radius 2 is 2.05 bits per heavy atom. The summed E-state index contributed by atoms with van der Waals surface area (Å²) in [5.41, 5.74) is 0.710. The number of carboxylic acid groups (broad SMARTS) is 1. The van der Waals surface area contributed by atoms with E-state index in [1.54, 1.807) is 17.0 Å². The molecule has 1 aromatic rings. The van der Waals surface area contributed by atoms with Gasteiger partial charge in [-0.15, -0.1) is 0 Å². The van der Waals surface area contributed by atoms with E-state index in [0.29, 0.717) is 19.6 Å². The van der Waals surface area contributed by atoms with Crippen molar-refractivity contribution >= 4 is 11.9 Å². The number of rotatable bonds is 5. The molecular formula is C14H16F2N2O3. The van der Waals surface area contributed by atoms with Gasteiger partial charge in [-0.3, -0.25) is 14.5 Å². The highest BCUT2D eigenvalue weighted by atomic mass is 19.3. The lowest BCUT2D eigenvalue weighted by molar-refractivity contribution is -0.143. The van der Waals surface area contributed by atoms with Crippen LogP contribution >= 0.6 is 0 Å². The van der Waals surface area contributed by atoms with Crippen molar-refractivity contribution in [3.05, 3.63) is 35.4 Å². The Kier molecular flexibility index (Phi) is 4.85. The number of benzene rings is 1. The molecule has 0 bridgehead atoms. The molecule has 0 aromatic heterocycles. The molecule has 1 fully saturated rings. The predicted octanol–water partition coefficient (Wildman–Crippen LogP) is 1.40. The lowest BCUT2D eigenvalue weighted by atomic mass is 10.1. The van der Waals surface area contributed by atoms with Gasteiger partial charge in [-0.1, -0.05) is 24.3 Å². The van der Waals surface area contributed by atoms with E-state index in [-0.39, 0.29) is 17.9 Å². The van der Waals surface area contributed by atoms with Crippen LogP contribution < -0.4 is 5.32 Å². The number of alkyl halides is 2. The molecule has 21 heavy (non-hydrogen) atoms. The largest absolute Gasteiger partial charge is 0.481 e. The molecule has 1 unspecified atom stereocenters. The maximum absolute atomic E-state index is 12.5. The summed E-state index contributed by atoms with van der Waals surface area (Å²) in [4.78, 5) is 24.4. The summed E-state index contributed by atoms with van der Waals surface area (Å²) in [6.45, 7) is 1.33. The first-order valence-electron chi connectivity index (χ1n) is 6.58. The maximum Gasteiger partial charge on any atom is 0.305 e. The zero-order chi connectivity index (χ0) is 15.4. The first-order valence-corrected chi connectivity index (χ1v) is 6.58. The van der Waals surface area contributed by atoms with Crippen LogP contribution in [0.1, 0.15) is 24.0 Å². The Labute approximate surface area is 120 Å². The van der Waals surface area contributed by atoms with Crippen LogP contribution in [0.15, 0.2) is 24.3 Å². The van der Waals surface area contributed by atoms with Gasteiger partial charge >= 0.3 is 5.97 Å². The van der Waals surface area contributed by atoms with Gasteiger partial charge in [0.2, 0.25) is 5.91 Å². The van der Waals surface area contributed by atoms with Crippen LogP contribution in [0.3, 0.4) is 0 Å². The van der Waals surface area contributed by atoms with Crippen LogP contribution in [-0.2, 0) is 16.1 Å². The number of halogens is 2. The van der Waals surface area contributed by atoms with Crippen molar-refractivity contribution in [2.24, 2.45) is 0 Å². The van der Waals surface area contributed by atoms with E-state index in [1.165, 1.54) is 12.1 Å². The number of piperazine rings is 1. The molecule has 0 spiro atoms. The van der Waals surface area contributed by atoms with E-state index in [9.17, 15) is 18.4 Å². The monoisotopic (exact) mass is 298 g/mol. The normalized spacial score (nSPS) is 19.6. The number of hydrogen-bond donors (Lipinski definition) is 2. The highest BCUT2D eigenvalue weighted by Gasteiger charge is 2.31. The number of nitrogens with zero attached hydrogens (tertiary/aromatic N) is 1. The summed E-state index contributed by atoms with van der Waals surface area (Å²) in [6, 6.07) is 5.11. The number of carbonyl (C=O) groups is 2. The van der Waals surface area contributed by atoms with Gasteiger partial charge in [-0.2, -0.15) is 0 Å². The zero-order valence-corrected chi connectivity index (χ0v) is 11.3. The molecule has 1 heterocycles. The number of carbonyl (C=O) groups excluding carboxylic acids is 1. The van der Waals surface area contributed by atoms with Crippen LogP contribution in [0.5, 0.6) is 0 Å². The van der Waals surface area contributed by atoms with Crippen molar-refractivity contribution in [3.63, 3.8) is 0 Å². The Balaban J connectivity index is 2.08. The summed E-state index contributed by atoms with van der Waals surface area (Å²) in [5.74, 6) is -1.36. The molecule has 1 aliphatic rings. The molecular weight excluding hydrogens is 282 g/mol. The van der Waals surface area contributed by atoms with E-state index >= 15 is 0 Å². The van der Waals surface area contributed by atoms with Crippen molar-refractivity contribution in [1.82, 2.24) is 10.2 Å². The summed E-state index contributed by atoms with van der Waals surface area (Å²) < 4.78 is 25.0. The van der Waals surface area contributed by atoms with E-state index in [4.69, 9.17) is 5.11 Å². The van der Waals surface area contributed by atoms with Crippen molar-refractivity contribution in [1.29, 1.82) is 0 Å². The standard InChI is InChI=1S/C14H16F2N2O3/c15-13(16)10-3-1-9(2-4-10)8-18-6-5-17-14(21)11(18)7-12(19)20/h1-4,11,13H,5-8H2,(H,17,21)(H,19,20). The Morgan fingerprint density at radius 3 is 2.62 bits per heavy atom. The van der Waals surface area contributed by atoms with Gasteiger partial charge in [0.1, 0.15) is 6.04 Å². The van der Waals surface area contributed by atoms with Gasteiger partial charge < -0.3 is 10.4 Å². The van der Waals surface area contributed by atoms with Gasteiger partial charge in [-0.05, 0) is 5.56 Å². The van der Waals surface area contributed by atoms with E-state index < -0.39 is 18.4 Å². The third-order valence-electron chi connectivity index (χ3n) is 3.43. The Morgan fingerprint density at radius 1 is 1.38 bits per heavy atom. The second-order valence-electron chi connectivity index (χ2n) is 4.92. The molecule has 114 valence electrons. The average molecular weight is 298 g/mol. The number of carboxylic acids is 1. The summed E-state index contributed by atoms with van der Waals surface area (Å²) in [5, 5.41) is 11.5. The minimum absolute atomic E-state index is 0.0581. The smallest absolute Gasteiger partial charge is 0.305 e. The maximum atomic E-state index is 12.5. The van der Waals surface area contributed by atoms with Crippen molar-refractivity contribution in [2.75, 3.05) is 13.1 Å². The molecule has 2 N–H and O–H groups in total. The number of aliphatic carboxylic acids is 1. The molecule has 2 rings (SSSR count). The fourth-order valence-electron chi connectivity index (χ4n) is 2.34. The second-order valence-corrected chi connectivity index (χ2v) is 4.92. The highest BCUT2D eigenvalue weighted by Crippen LogP contribution is 2.20. The molecule has 1 atom stereocenters. The Hall–Kier alpha value is -2.02. The van der Waals surface area contributed by atoms with Crippen LogP contribution in [0.4, 0.5) is 8.78 Å². The summed E-state index contributed by atoms with van der Waals surface area (Å²) in [7, 11) is 0. The molecule has 0 saturated carbocycles. The third-order valence-corrected chi connectivity index (χ3v) is 3.43. The molecule has 7 heteroatoms. The SMILES string of the molecule is O=C(O)CC1C(=O)NCCN1Cc1ccc(C(F)F)cc1. The molecule has 0 aliphatic carbocycles. The molecule has 1 amide bonds. The molecule has 1 saturated heterocycles. The quantitative estimate of drug-likeness (QED) is 0.862. The predicted molar refractivity (Wildman–Crippen MR) is 70.9 cm³/mol. The topological polar surface area (TPSA) is 69.6 Å². The third kappa shape index (κ3) is 3.98. The number of nitrogens with one attached hydrogen (secondary N) is 1. The van der Waals surface area contributed by atoms with Gasteiger partial charge in [-0.25, -0.2) is 8.78 Å². The number of hydrogen-bond acceptors (Lipinski definition) is 3. The van der Waals surface area contributed by atoms with Gasteiger partial charge in [0.05, 0.1) is 6.42 Å². The molecule has 5 nitrogen and oxygen atoms in total. The fourth-order valence-corrected chi connectivity index (χ4v) is 2.34. The van der Waals surface area contributed by atoms with Crippen molar-refractivity contribution < 1.29 is 23.5 Å². The minimum atomic E-state index is -2.51. The molecule has 1 aromatic carbocycles. The van der Waals surface area contributed by atoms with Crippen molar-refractivity contribution in [3.8, 4) is 0 Å². The van der Waals surface area contributed by atoms with Crippen LogP contribution in [0.2, 0.25) is 0 Å². The van der Waals surface area contributed by atoms with E-state index in [1.807, 2.05) is 0 Å². The van der Waals surface area contributed by atoms with Crippen molar-refractivity contribution in [2.45, 2.75) is 25.4 Å².